The van der Waals surface area contributed by atoms with Crippen LogP contribution >= 0.6 is 11.8 Å². The molecule has 4 rings (SSSR count). The molecule has 0 spiro atoms. The standard InChI is InChI=1S/C29H33FN4O7S/c1-15-20(24-31-18(13-38-24)26(35)37-8)33-25(39-15)21-22(16-9-11-17(30)12-10-16)40-23(34-21)19(14-42-29(5,6)7)32-27(36)41-28(2,3)4/h9-13,19H,14H2,1-8H3,(H,32,36)/t19-/m0/s1. The van der Waals surface area contributed by atoms with Crippen LogP contribution in [-0.2, 0) is 9.47 Å². The molecule has 0 fully saturated rings. The molecule has 0 aliphatic rings. The van der Waals surface area contributed by atoms with E-state index in [0.29, 0.717) is 17.1 Å². The van der Waals surface area contributed by atoms with Gasteiger partial charge in [0.05, 0.1) is 7.11 Å². The van der Waals surface area contributed by atoms with E-state index in [9.17, 15) is 14.0 Å². The lowest BCUT2D eigenvalue weighted by atomic mass is 10.1. The number of rotatable bonds is 8. The van der Waals surface area contributed by atoms with Gasteiger partial charge in [-0.25, -0.2) is 28.9 Å². The van der Waals surface area contributed by atoms with Gasteiger partial charge in [0.1, 0.15) is 29.5 Å². The Balaban J connectivity index is 1.79. The zero-order valence-corrected chi connectivity index (χ0v) is 25.5. The van der Waals surface area contributed by atoms with Gasteiger partial charge < -0.3 is 28.0 Å². The fourth-order valence-electron chi connectivity index (χ4n) is 3.66. The minimum atomic E-state index is -0.716. The molecule has 11 nitrogen and oxygen atoms in total. The molecule has 0 aliphatic heterocycles. The maximum absolute atomic E-state index is 13.8. The minimum absolute atomic E-state index is 0.0282. The third-order valence-corrected chi connectivity index (χ3v) is 6.89. The van der Waals surface area contributed by atoms with Crippen molar-refractivity contribution in [3.05, 3.63) is 53.7 Å². The number of aryl methyl sites for hydroxylation is 1. The number of carbonyl (C=O) groups excluding carboxylic acids is 2. The fourth-order valence-corrected chi connectivity index (χ4v) is 4.55. The van der Waals surface area contributed by atoms with Gasteiger partial charge in [-0.15, -0.1) is 0 Å². The number of hydrogen-bond acceptors (Lipinski definition) is 11. The summed E-state index contributed by atoms with van der Waals surface area (Å²) in [5, 5.41) is 2.86. The van der Waals surface area contributed by atoms with Crippen molar-refractivity contribution in [2.24, 2.45) is 0 Å². The second-order valence-corrected chi connectivity index (χ2v) is 13.2. The SMILES string of the molecule is COC(=O)c1coc(-c2nc(-c3nc([C@H](CSC(C)(C)C)NC(=O)OC(C)(C)C)oc3-c3ccc(F)cc3)oc2C)n1. The summed E-state index contributed by atoms with van der Waals surface area (Å²) in [6.07, 6.45) is 0.525. The van der Waals surface area contributed by atoms with Gasteiger partial charge in [-0.05, 0) is 52.0 Å². The summed E-state index contributed by atoms with van der Waals surface area (Å²) in [5.74, 6) is 0.187. The van der Waals surface area contributed by atoms with E-state index in [1.165, 1.54) is 31.4 Å². The Kier molecular flexibility index (Phi) is 8.81. The molecular weight excluding hydrogens is 567 g/mol. The number of nitrogens with one attached hydrogen (secondary N) is 1. The summed E-state index contributed by atoms with van der Waals surface area (Å²) in [6, 6.07) is 4.97. The molecule has 4 aromatic rings. The normalized spacial score (nSPS) is 12.7. The van der Waals surface area contributed by atoms with Crippen LogP contribution in [0.3, 0.4) is 0 Å². The number of thioether (sulfide) groups is 1. The van der Waals surface area contributed by atoms with E-state index < -0.39 is 29.5 Å². The first-order valence-corrected chi connectivity index (χ1v) is 14.0. The van der Waals surface area contributed by atoms with Crippen LogP contribution in [0.1, 0.15) is 69.7 Å². The highest BCUT2D eigenvalue weighted by Gasteiger charge is 2.31. The van der Waals surface area contributed by atoms with Crippen LogP contribution in [0.5, 0.6) is 0 Å². The molecule has 42 heavy (non-hydrogen) atoms. The molecule has 0 radical (unpaired) electrons. The average Bonchev–Trinajstić information content (AvgIpc) is 3.63. The number of alkyl carbamates (subject to hydrolysis) is 1. The Bertz CT molecular complexity index is 1560. The van der Waals surface area contributed by atoms with Crippen molar-refractivity contribution in [2.75, 3.05) is 12.9 Å². The Labute approximate surface area is 246 Å². The number of oxazole rings is 3. The van der Waals surface area contributed by atoms with Gasteiger partial charge in [0, 0.05) is 16.1 Å². The molecule has 0 saturated carbocycles. The van der Waals surface area contributed by atoms with Gasteiger partial charge in [-0.2, -0.15) is 11.8 Å². The number of amides is 1. The quantitative estimate of drug-likeness (QED) is 0.209. The van der Waals surface area contributed by atoms with E-state index in [4.69, 9.17) is 23.0 Å². The lowest BCUT2D eigenvalue weighted by molar-refractivity contribution is 0.0501. The summed E-state index contributed by atoms with van der Waals surface area (Å²) < 4.78 is 41.5. The summed E-state index contributed by atoms with van der Waals surface area (Å²) in [4.78, 5) is 38.0. The molecule has 0 unspecified atom stereocenters. The summed E-state index contributed by atoms with van der Waals surface area (Å²) >= 11 is 1.60. The number of carbonyl (C=O) groups is 2. The number of esters is 1. The van der Waals surface area contributed by atoms with Crippen LogP contribution in [-0.4, -0.2) is 50.2 Å². The molecule has 3 heterocycles. The number of benzene rings is 1. The van der Waals surface area contributed by atoms with Gasteiger partial charge >= 0.3 is 12.1 Å². The lowest BCUT2D eigenvalue weighted by Crippen LogP contribution is -2.36. The van der Waals surface area contributed by atoms with Crippen molar-refractivity contribution in [2.45, 2.75) is 64.9 Å². The fraction of sp³-hybridized carbons (Fsp3) is 0.414. The zero-order valence-electron chi connectivity index (χ0n) is 24.7. The molecule has 13 heteroatoms. The number of aromatic nitrogens is 3. The van der Waals surface area contributed by atoms with Crippen molar-refractivity contribution in [1.82, 2.24) is 20.3 Å². The first-order valence-electron chi connectivity index (χ1n) is 13.1. The van der Waals surface area contributed by atoms with Crippen molar-refractivity contribution >= 4 is 23.8 Å². The minimum Gasteiger partial charge on any atom is -0.464 e. The van der Waals surface area contributed by atoms with E-state index in [1.807, 2.05) is 0 Å². The first-order chi connectivity index (χ1) is 19.6. The number of hydrogen-bond donors (Lipinski definition) is 1. The molecule has 0 bridgehead atoms. The van der Waals surface area contributed by atoms with Crippen LogP contribution < -0.4 is 5.32 Å². The Morgan fingerprint density at radius 3 is 2.31 bits per heavy atom. The van der Waals surface area contributed by atoms with Crippen LogP contribution in [0.15, 0.2) is 43.8 Å². The smallest absolute Gasteiger partial charge is 0.408 e. The van der Waals surface area contributed by atoms with Gasteiger partial charge in [-0.3, -0.25) is 0 Å². The predicted octanol–water partition coefficient (Wildman–Crippen LogP) is 6.98. The highest BCUT2D eigenvalue weighted by atomic mass is 32.2. The van der Waals surface area contributed by atoms with Crippen molar-refractivity contribution in [1.29, 1.82) is 0 Å². The molecule has 1 aromatic carbocycles. The van der Waals surface area contributed by atoms with Crippen LogP contribution in [0.4, 0.5) is 9.18 Å². The second kappa shape index (κ2) is 12.0. The second-order valence-electron chi connectivity index (χ2n) is 11.3. The Hall–Kier alpha value is -4.13. The third-order valence-electron chi connectivity index (χ3n) is 5.52. The van der Waals surface area contributed by atoms with Crippen molar-refractivity contribution in [3.63, 3.8) is 0 Å². The summed E-state index contributed by atoms with van der Waals surface area (Å²) in [5.41, 5.74) is 0.210. The highest BCUT2D eigenvalue weighted by molar-refractivity contribution is 8.00. The predicted molar refractivity (Wildman–Crippen MR) is 153 cm³/mol. The van der Waals surface area contributed by atoms with Gasteiger partial charge in [0.2, 0.25) is 17.7 Å². The monoisotopic (exact) mass is 600 g/mol. The van der Waals surface area contributed by atoms with Gasteiger partial charge in [0.25, 0.3) is 0 Å². The van der Waals surface area contributed by atoms with E-state index in [-0.39, 0.29) is 45.3 Å². The third kappa shape index (κ3) is 7.58. The first kappa shape index (κ1) is 30.8. The van der Waals surface area contributed by atoms with Crippen LogP contribution in [0.25, 0.3) is 34.5 Å². The number of halogens is 1. The maximum Gasteiger partial charge on any atom is 0.408 e. The van der Waals surface area contributed by atoms with E-state index >= 15 is 0 Å². The number of nitrogens with zero attached hydrogens (tertiary/aromatic N) is 3. The molecule has 224 valence electrons. The number of ether oxygens (including phenoxy) is 2. The number of methoxy groups -OCH3 is 1. The van der Waals surface area contributed by atoms with E-state index in [2.05, 4.69) is 40.8 Å². The van der Waals surface area contributed by atoms with Crippen LogP contribution in [0.2, 0.25) is 0 Å². The molecule has 1 N–H and O–H groups in total. The van der Waals surface area contributed by atoms with Gasteiger partial charge in [0.15, 0.2) is 22.8 Å². The molecule has 1 atom stereocenters. The highest BCUT2D eigenvalue weighted by Crippen LogP contribution is 2.38. The van der Waals surface area contributed by atoms with E-state index in [0.717, 1.165) is 6.26 Å². The van der Waals surface area contributed by atoms with Crippen molar-refractivity contribution < 1.29 is 36.7 Å². The van der Waals surface area contributed by atoms with Crippen molar-refractivity contribution in [3.8, 4) is 34.5 Å². The molecule has 0 aliphatic carbocycles. The summed E-state index contributed by atoms with van der Waals surface area (Å²) in [6.45, 7) is 13.1. The Morgan fingerprint density at radius 2 is 1.69 bits per heavy atom. The van der Waals surface area contributed by atoms with E-state index in [1.54, 1.807) is 39.5 Å². The Morgan fingerprint density at radius 1 is 1.00 bits per heavy atom. The lowest BCUT2D eigenvalue weighted by Gasteiger charge is -2.24. The average molecular weight is 601 g/mol. The summed E-state index contributed by atoms with van der Waals surface area (Å²) in [7, 11) is 1.24. The largest absolute Gasteiger partial charge is 0.464 e. The molecule has 3 aromatic heterocycles. The zero-order chi connectivity index (χ0) is 30.8. The molecule has 0 saturated heterocycles. The van der Waals surface area contributed by atoms with Crippen LogP contribution in [0, 0.1) is 12.7 Å². The topological polar surface area (TPSA) is 143 Å². The molecular formula is C29H33FN4O7S. The van der Waals surface area contributed by atoms with Gasteiger partial charge in [-0.1, -0.05) is 20.8 Å². The maximum atomic E-state index is 13.8. The molecule has 1 amide bonds.